The third-order valence-electron chi connectivity index (χ3n) is 4.02. The fourth-order valence-electron chi connectivity index (χ4n) is 3.06. The van der Waals surface area contributed by atoms with Gasteiger partial charge in [-0.15, -0.1) is 0 Å². The van der Waals surface area contributed by atoms with Gasteiger partial charge in [0.25, 0.3) is 0 Å². The van der Waals surface area contributed by atoms with Crippen LogP contribution in [0.5, 0.6) is 0 Å². The molecule has 1 heterocycles. The molecule has 118 valence electrons. The van der Waals surface area contributed by atoms with Gasteiger partial charge in [-0.05, 0) is 25.0 Å². The van der Waals surface area contributed by atoms with Gasteiger partial charge >= 0.3 is 17.4 Å². The van der Waals surface area contributed by atoms with E-state index in [0.29, 0.717) is 40.8 Å². The second kappa shape index (κ2) is 5.68. The number of nitrogens with zero attached hydrogens (tertiary/aromatic N) is 2. The van der Waals surface area contributed by atoms with E-state index in [2.05, 4.69) is 0 Å². The first-order chi connectivity index (χ1) is 11.1. The van der Waals surface area contributed by atoms with Gasteiger partial charge in [-0.3, -0.25) is 10.1 Å². The zero-order valence-corrected chi connectivity index (χ0v) is 12.4. The van der Waals surface area contributed by atoms with E-state index in [9.17, 15) is 20.1 Å². The number of nitro groups is 1. The molecule has 0 atom stereocenters. The van der Waals surface area contributed by atoms with Crippen LogP contribution >= 0.6 is 0 Å². The van der Waals surface area contributed by atoms with Crippen molar-refractivity contribution in [1.29, 1.82) is 0 Å². The number of ether oxygens (including phenoxy) is 1. The van der Waals surface area contributed by atoms with Gasteiger partial charge in [-0.1, -0.05) is 18.2 Å². The molecule has 1 aromatic heterocycles. The van der Waals surface area contributed by atoms with Gasteiger partial charge in [-0.25, -0.2) is 4.79 Å². The molecule has 7 nitrogen and oxygen atoms in total. The number of hydrogen-bond donors (Lipinski definition) is 0. The Morgan fingerprint density at radius 2 is 1.96 bits per heavy atom. The van der Waals surface area contributed by atoms with Gasteiger partial charge in [0.1, 0.15) is 0 Å². The minimum atomic E-state index is -0.785. The zero-order chi connectivity index (χ0) is 16.6. The summed E-state index contributed by atoms with van der Waals surface area (Å²) in [6.07, 6.45) is 1.62. The molecule has 7 heteroatoms. The highest BCUT2D eigenvalue weighted by Gasteiger charge is 2.41. The van der Waals surface area contributed by atoms with E-state index in [1.54, 1.807) is 30.3 Å². The van der Waals surface area contributed by atoms with E-state index in [4.69, 9.17) is 4.74 Å². The average Bonchev–Trinajstić information content (AvgIpc) is 3.04. The van der Waals surface area contributed by atoms with Crippen molar-refractivity contribution in [3.8, 4) is 11.3 Å². The smallest absolute Gasteiger partial charge is 0.356 e. The molecular weight excluding hydrogens is 300 g/mol. The van der Waals surface area contributed by atoms with Crippen LogP contribution < -0.4 is 4.73 Å². The van der Waals surface area contributed by atoms with Crippen molar-refractivity contribution in [2.45, 2.75) is 19.3 Å². The van der Waals surface area contributed by atoms with Crippen LogP contribution in [0.1, 0.15) is 28.0 Å². The fourth-order valence-corrected chi connectivity index (χ4v) is 3.06. The Labute approximate surface area is 131 Å². The van der Waals surface area contributed by atoms with Crippen LogP contribution in [-0.2, 0) is 17.6 Å². The maximum absolute atomic E-state index is 12.7. The number of methoxy groups -OCH3 is 1. The van der Waals surface area contributed by atoms with Gasteiger partial charge in [0.15, 0.2) is 11.3 Å². The summed E-state index contributed by atoms with van der Waals surface area (Å²) in [6, 6.07) is 8.34. The molecule has 3 rings (SSSR count). The molecule has 0 radical (unpaired) electrons. The molecule has 2 aromatic rings. The predicted octanol–water partition coefficient (Wildman–Crippen LogP) is 2.17. The number of carbonyl (C=O) groups is 1. The molecule has 1 aliphatic rings. The molecular formula is C16H14N2O5. The SMILES string of the molecule is COC(=O)c1c2c([n+]([O-])c(-c3ccccc3)c1[N+](=O)[O-])CCC2. The molecule has 0 unspecified atom stereocenters. The van der Waals surface area contributed by atoms with E-state index in [0.717, 1.165) is 0 Å². The van der Waals surface area contributed by atoms with Gasteiger partial charge in [-0.2, -0.15) is 4.73 Å². The van der Waals surface area contributed by atoms with E-state index in [-0.39, 0.29) is 11.3 Å². The number of benzene rings is 1. The molecule has 0 fully saturated rings. The van der Waals surface area contributed by atoms with Crippen LogP contribution in [-0.4, -0.2) is 18.0 Å². The second-order valence-electron chi connectivity index (χ2n) is 5.26. The first-order valence-electron chi connectivity index (χ1n) is 7.15. The van der Waals surface area contributed by atoms with Crippen molar-refractivity contribution >= 4 is 11.7 Å². The summed E-state index contributed by atoms with van der Waals surface area (Å²) in [5.41, 5.74) is 0.536. The molecule has 0 saturated carbocycles. The lowest BCUT2D eigenvalue weighted by atomic mass is 10.00. The summed E-state index contributed by atoms with van der Waals surface area (Å²) < 4.78 is 5.33. The molecule has 0 saturated heterocycles. The van der Waals surface area contributed by atoms with Crippen LogP contribution in [0.4, 0.5) is 5.69 Å². The molecule has 23 heavy (non-hydrogen) atoms. The van der Waals surface area contributed by atoms with Gasteiger partial charge in [0, 0.05) is 12.0 Å². The third-order valence-corrected chi connectivity index (χ3v) is 4.02. The monoisotopic (exact) mass is 314 g/mol. The highest BCUT2D eigenvalue weighted by Crippen LogP contribution is 2.36. The van der Waals surface area contributed by atoms with Gasteiger partial charge < -0.3 is 9.94 Å². The summed E-state index contributed by atoms with van der Waals surface area (Å²) in [6.45, 7) is 0. The number of fused-ring (bicyclic) bond motifs is 1. The third kappa shape index (κ3) is 2.30. The summed E-state index contributed by atoms with van der Waals surface area (Å²) in [5.74, 6) is -0.785. The Morgan fingerprint density at radius 1 is 1.26 bits per heavy atom. The topological polar surface area (TPSA) is 96.4 Å². The number of carbonyl (C=O) groups excluding carboxylic acids is 1. The Bertz CT molecular complexity index is 802. The second-order valence-corrected chi connectivity index (χ2v) is 5.26. The number of rotatable bonds is 3. The standard InChI is InChI=1S/C16H14N2O5/c1-23-16(19)13-11-8-5-9-12(11)17(20)14(15(13)18(21)22)10-6-3-2-4-7-10/h2-4,6-7H,5,8-9H2,1H3. The molecule has 0 spiro atoms. The van der Waals surface area contributed by atoms with Crippen molar-refractivity contribution in [2.24, 2.45) is 0 Å². The van der Waals surface area contributed by atoms with Crippen LogP contribution in [0.3, 0.4) is 0 Å². The van der Waals surface area contributed by atoms with E-state index < -0.39 is 16.6 Å². The minimum absolute atomic E-state index is 0.101. The Kier molecular flexibility index (Phi) is 3.69. The number of esters is 1. The lowest BCUT2D eigenvalue weighted by Gasteiger charge is -2.13. The Hall–Kier alpha value is -2.96. The van der Waals surface area contributed by atoms with E-state index >= 15 is 0 Å². The maximum Gasteiger partial charge on any atom is 0.356 e. The highest BCUT2D eigenvalue weighted by atomic mass is 16.6. The van der Waals surface area contributed by atoms with E-state index in [1.165, 1.54) is 7.11 Å². The molecule has 0 amide bonds. The van der Waals surface area contributed by atoms with Crippen molar-refractivity contribution in [1.82, 2.24) is 0 Å². The Morgan fingerprint density at radius 3 is 2.57 bits per heavy atom. The summed E-state index contributed by atoms with van der Waals surface area (Å²) in [4.78, 5) is 23.1. The van der Waals surface area contributed by atoms with Crippen LogP contribution in [0.15, 0.2) is 30.3 Å². The van der Waals surface area contributed by atoms with Gasteiger partial charge in [0.2, 0.25) is 0 Å². The molecule has 1 aromatic carbocycles. The summed E-state index contributed by atoms with van der Waals surface area (Å²) in [5, 5.41) is 24.3. The lowest BCUT2D eigenvalue weighted by molar-refractivity contribution is -0.605. The number of pyridine rings is 1. The fraction of sp³-hybridized carbons (Fsp3) is 0.250. The first-order valence-corrected chi connectivity index (χ1v) is 7.15. The van der Waals surface area contributed by atoms with Gasteiger partial charge in [0.05, 0.1) is 17.6 Å². The summed E-state index contributed by atoms with van der Waals surface area (Å²) >= 11 is 0. The predicted molar refractivity (Wildman–Crippen MR) is 80.9 cm³/mol. The summed E-state index contributed by atoms with van der Waals surface area (Å²) in [7, 11) is 1.17. The minimum Gasteiger partial charge on any atom is -0.618 e. The van der Waals surface area contributed by atoms with Crippen LogP contribution in [0.25, 0.3) is 11.3 Å². The first kappa shape index (κ1) is 15.0. The maximum atomic E-state index is 12.7. The van der Waals surface area contributed by atoms with E-state index in [1.807, 2.05) is 0 Å². The van der Waals surface area contributed by atoms with Crippen molar-refractivity contribution in [2.75, 3.05) is 7.11 Å². The Balaban J connectivity index is 2.44. The molecule has 0 bridgehead atoms. The quantitative estimate of drug-likeness (QED) is 0.284. The highest BCUT2D eigenvalue weighted by molar-refractivity contribution is 5.98. The number of hydrogen-bond acceptors (Lipinski definition) is 5. The molecule has 1 aliphatic carbocycles. The van der Waals surface area contributed by atoms with Crippen LogP contribution in [0, 0.1) is 15.3 Å². The van der Waals surface area contributed by atoms with Crippen LogP contribution in [0.2, 0.25) is 0 Å². The van der Waals surface area contributed by atoms with Crippen molar-refractivity contribution in [3.05, 3.63) is 62.5 Å². The average molecular weight is 314 g/mol. The lowest BCUT2D eigenvalue weighted by Crippen LogP contribution is -2.37. The number of aromatic nitrogens is 1. The zero-order valence-electron chi connectivity index (χ0n) is 12.4. The molecule has 0 N–H and O–H groups in total. The molecule has 0 aliphatic heterocycles. The van der Waals surface area contributed by atoms with Crippen molar-refractivity contribution in [3.63, 3.8) is 0 Å². The van der Waals surface area contributed by atoms with Crippen molar-refractivity contribution < 1.29 is 19.2 Å². The largest absolute Gasteiger partial charge is 0.618 e. The normalized spacial score (nSPS) is 12.7.